The van der Waals surface area contributed by atoms with Crippen molar-refractivity contribution in [2.24, 2.45) is 0 Å². The van der Waals surface area contributed by atoms with Gasteiger partial charge in [-0.2, -0.15) is 0 Å². The molecule has 12 heavy (non-hydrogen) atoms. The summed E-state index contributed by atoms with van der Waals surface area (Å²) in [5.41, 5.74) is 2.09. The first-order valence-electron chi connectivity index (χ1n) is 3.76. The smallest absolute Gasteiger partial charge is 0.0409 e. The highest BCUT2D eigenvalue weighted by molar-refractivity contribution is 5.33. The molecule has 0 bridgehead atoms. The minimum absolute atomic E-state index is 0.986. The second-order valence-electron chi connectivity index (χ2n) is 2.25. The molecule has 0 aromatic carbocycles. The quantitative estimate of drug-likeness (QED) is 0.611. The van der Waals surface area contributed by atoms with Crippen LogP contribution in [0.1, 0.15) is 6.92 Å². The maximum atomic E-state index is 3.62. The number of nitrogens with one attached hydrogen (secondary N) is 1. The third kappa shape index (κ3) is 3.62. The predicted octanol–water partition coefficient (Wildman–Crippen LogP) is 2.92. The van der Waals surface area contributed by atoms with Crippen LogP contribution in [0.3, 0.4) is 0 Å². The van der Waals surface area contributed by atoms with Crippen LogP contribution in [0.5, 0.6) is 0 Å². The Morgan fingerprint density at radius 2 is 1.67 bits per heavy atom. The molecule has 0 aliphatic rings. The molecule has 0 unspecified atom stereocenters. The lowest BCUT2D eigenvalue weighted by molar-refractivity contribution is 1.07. The summed E-state index contributed by atoms with van der Waals surface area (Å²) in [6.45, 7) is 12.8. The average molecular weight is 161 g/mol. The van der Waals surface area contributed by atoms with Crippen LogP contribution in [-0.2, 0) is 0 Å². The van der Waals surface area contributed by atoms with Crippen molar-refractivity contribution in [1.82, 2.24) is 5.32 Å². The zero-order valence-corrected chi connectivity index (χ0v) is 7.51. The second kappa shape index (κ2) is 6.23. The van der Waals surface area contributed by atoms with Crippen LogP contribution in [0, 0.1) is 0 Å². The zero-order valence-electron chi connectivity index (χ0n) is 7.51. The van der Waals surface area contributed by atoms with E-state index in [0.29, 0.717) is 0 Å². The van der Waals surface area contributed by atoms with Gasteiger partial charge in [0, 0.05) is 5.70 Å². The third-order valence-corrected chi connectivity index (χ3v) is 1.33. The van der Waals surface area contributed by atoms with Gasteiger partial charge in [-0.25, -0.2) is 0 Å². The van der Waals surface area contributed by atoms with E-state index in [-0.39, 0.29) is 0 Å². The van der Waals surface area contributed by atoms with Crippen LogP contribution in [0.25, 0.3) is 0 Å². The maximum Gasteiger partial charge on any atom is 0.0409 e. The monoisotopic (exact) mass is 161 g/mol. The maximum absolute atomic E-state index is 3.62. The summed E-state index contributed by atoms with van der Waals surface area (Å²) in [7, 11) is 0. The molecule has 0 atom stereocenters. The third-order valence-electron chi connectivity index (χ3n) is 1.33. The zero-order chi connectivity index (χ0) is 9.40. The van der Waals surface area contributed by atoms with Gasteiger partial charge in [0.2, 0.25) is 0 Å². The summed E-state index contributed by atoms with van der Waals surface area (Å²) in [5, 5.41) is 3.01. The van der Waals surface area contributed by atoms with E-state index in [9.17, 15) is 0 Å². The fourth-order valence-electron chi connectivity index (χ4n) is 0.788. The van der Waals surface area contributed by atoms with Gasteiger partial charge < -0.3 is 5.32 Å². The van der Waals surface area contributed by atoms with Gasteiger partial charge in [-0.15, -0.1) is 0 Å². The molecule has 0 aromatic rings. The Morgan fingerprint density at radius 1 is 1.08 bits per heavy atom. The van der Waals surface area contributed by atoms with Gasteiger partial charge in [-0.1, -0.05) is 38.0 Å². The van der Waals surface area contributed by atoms with Gasteiger partial charge in [0.1, 0.15) is 0 Å². The van der Waals surface area contributed by atoms with E-state index < -0.39 is 0 Å². The van der Waals surface area contributed by atoms with Gasteiger partial charge in [-0.05, 0) is 24.8 Å². The van der Waals surface area contributed by atoms with Crippen molar-refractivity contribution in [2.75, 3.05) is 0 Å². The lowest BCUT2D eigenvalue weighted by Gasteiger charge is -2.05. The lowest BCUT2D eigenvalue weighted by atomic mass is 10.2. The van der Waals surface area contributed by atoms with Crippen molar-refractivity contribution < 1.29 is 0 Å². The molecule has 0 heterocycles. The molecule has 0 saturated carbocycles. The molecule has 0 fully saturated rings. The van der Waals surface area contributed by atoms with Gasteiger partial charge >= 0.3 is 0 Å². The average Bonchev–Trinajstić information content (AvgIpc) is 2.04. The molecular weight excluding hydrogens is 146 g/mol. The molecule has 0 aliphatic carbocycles. The van der Waals surface area contributed by atoms with Gasteiger partial charge in [0.05, 0.1) is 0 Å². The fourth-order valence-corrected chi connectivity index (χ4v) is 0.788. The fraction of sp³-hybridized carbons (Fsp3) is 0.0909. The van der Waals surface area contributed by atoms with Crippen LogP contribution in [0.15, 0.2) is 61.5 Å². The summed E-state index contributed by atoms with van der Waals surface area (Å²) in [4.78, 5) is 0. The minimum atomic E-state index is 0.986. The number of rotatable bonds is 5. The summed E-state index contributed by atoms with van der Waals surface area (Å²) < 4.78 is 0. The van der Waals surface area contributed by atoms with Gasteiger partial charge in [-0.3, -0.25) is 0 Å². The Bertz CT molecular complexity index is 231. The van der Waals surface area contributed by atoms with Crippen molar-refractivity contribution in [3.63, 3.8) is 0 Å². The molecule has 1 nitrogen and oxygen atoms in total. The lowest BCUT2D eigenvalue weighted by Crippen LogP contribution is -2.04. The molecule has 0 aromatic heterocycles. The molecule has 64 valence electrons. The Hall–Kier alpha value is -1.50. The highest BCUT2D eigenvalue weighted by Gasteiger charge is 1.93. The second-order valence-corrected chi connectivity index (χ2v) is 2.25. The van der Waals surface area contributed by atoms with Crippen molar-refractivity contribution in [3.05, 3.63) is 61.5 Å². The van der Waals surface area contributed by atoms with Crippen LogP contribution in [-0.4, -0.2) is 0 Å². The molecule has 0 radical (unpaired) electrons. The summed E-state index contributed by atoms with van der Waals surface area (Å²) >= 11 is 0. The first kappa shape index (κ1) is 10.5. The van der Waals surface area contributed by atoms with E-state index in [1.807, 2.05) is 19.1 Å². The molecule has 1 N–H and O–H groups in total. The Morgan fingerprint density at radius 3 is 2.08 bits per heavy atom. The van der Waals surface area contributed by atoms with Crippen molar-refractivity contribution in [1.29, 1.82) is 0 Å². The summed E-state index contributed by atoms with van der Waals surface area (Å²) in [6.07, 6.45) is 8.92. The Labute approximate surface area is 74.5 Å². The summed E-state index contributed by atoms with van der Waals surface area (Å²) in [6, 6.07) is 0. The first-order chi connectivity index (χ1) is 5.76. The molecule has 0 amide bonds. The number of hydrogen-bond acceptors (Lipinski definition) is 1. The molecule has 1 heteroatoms. The molecule has 0 aliphatic heterocycles. The Kier molecular flexibility index (Phi) is 5.45. The van der Waals surface area contributed by atoms with Crippen LogP contribution in [0.2, 0.25) is 0 Å². The standard InChI is InChI=1S/C11H15N/c1-5-8-10(4)11(9-6-2)12-7-3/h5-9,12H,1-3H2,4H3/b10-8-,11-9+. The molecule has 0 saturated heterocycles. The number of hydrogen-bond donors (Lipinski definition) is 1. The van der Waals surface area contributed by atoms with E-state index in [1.54, 1.807) is 18.4 Å². The van der Waals surface area contributed by atoms with Gasteiger partial charge in [0.15, 0.2) is 0 Å². The molecule has 0 spiro atoms. The highest BCUT2D eigenvalue weighted by Crippen LogP contribution is 2.05. The predicted molar refractivity (Wildman–Crippen MR) is 55.6 cm³/mol. The Balaban J connectivity index is 4.60. The largest absolute Gasteiger partial charge is 0.362 e. The highest BCUT2D eigenvalue weighted by atomic mass is 14.8. The van der Waals surface area contributed by atoms with E-state index in [1.165, 1.54) is 0 Å². The molecular formula is C11H15N. The van der Waals surface area contributed by atoms with E-state index in [0.717, 1.165) is 11.3 Å². The normalized spacial score (nSPS) is 12.1. The van der Waals surface area contributed by atoms with Crippen LogP contribution in [0.4, 0.5) is 0 Å². The topological polar surface area (TPSA) is 12.0 Å². The van der Waals surface area contributed by atoms with Crippen molar-refractivity contribution in [2.45, 2.75) is 6.92 Å². The van der Waals surface area contributed by atoms with Crippen molar-refractivity contribution >= 4 is 0 Å². The number of allylic oxidation sites excluding steroid dienone is 5. The minimum Gasteiger partial charge on any atom is -0.362 e. The van der Waals surface area contributed by atoms with Crippen molar-refractivity contribution in [3.8, 4) is 0 Å². The first-order valence-corrected chi connectivity index (χ1v) is 3.76. The SMILES string of the molecule is C=C/C=C(C)\C(=C/C=C)NC=C. The van der Waals surface area contributed by atoms with Crippen LogP contribution >= 0.6 is 0 Å². The molecule has 0 rings (SSSR count). The summed E-state index contributed by atoms with van der Waals surface area (Å²) in [5.74, 6) is 0. The van der Waals surface area contributed by atoms with Crippen LogP contribution < -0.4 is 5.32 Å². The van der Waals surface area contributed by atoms with E-state index >= 15 is 0 Å². The van der Waals surface area contributed by atoms with E-state index in [2.05, 4.69) is 25.1 Å². The van der Waals surface area contributed by atoms with E-state index in [4.69, 9.17) is 0 Å². The van der Waals surface area contributed by atoms with Gasteiger partial charge in [0.25, 0.3) is 0 Å².